The Labute approximate surface area is 345 Å². The summed E-state index contributed by atoms with van der Waals surface area (Å²) in [5, 5.41) is 41.3. The van der Waals surface area contributed by atoms with Gasteiger partial charge in [0.2, 0.25) is 0 Å². The van der Waals surface area contributed by atoms with Crippen molar-refractivity contribution in [1.29, 1.82) is 0 Å². The van der Waals surface area contributed by atoms with Gasteiger partial charge in [0.25, 0.3) is 0 Å². The van der Waals surface area contributed by atoms with Gasteiger partial charge in [0, 0.05) is 19.8 Å². The lowest BCUT2D eigenvalue weighted by molar-refractivity contribution is -0.309. The van der Waals surface area contributed by atoms with Crippen molar-refractivity contribution in [2.75, 3.05) is 52.9 Å². The molecule has 0 spiro atoms. The molecule has 1 aliphatic rings. The van der Waals surface area contributed by atoms with Crippen LogP contribution in [-0.2, 0) is 23.7 Å². The average Bonchev–Trinajstić information content (AvgIpc) is 3.20. The lowest BCUT2D eigenvalue weighted by Gasteiger charge is -2.41. The van der Waals surface area contributed by atoms with Gasteiger partial charge in [-0.05, 0) is 19.3 Å². The van der Waals surface area contributed by atoms with Crippen LogP contribution in [0.5, 0.6) is 0 Å². The van der Waals surface area contributed by atoms with Crippen LogP contribution >= 0.6 is 0 Å². The van der Waals surface area contributed by atoms with Crippen molar-refractivity contribution < 1.29 is 44.1 Å². The number of ether oxygens (including phenoxy) is 5. The third kappa shape index (κ3) is 28.2. The van der Waals surface area contributed by atoms with Gasteiger partial charge in [-0.25, -0.2) is 0 Å². The fraction of sp³-hybridized carbons (Fsp3) is 1.00. The minimum Gasteiger partial charge on any atom is -0.394 e. The SMILES string of the molecule is CCCCCCCCCCCCOCC(COCCCCCCCCCCCC)(COCCCCCCCCCCCC)CO[C@@H]1O[C@H](CO)[C@H](O)[C@H](O)[C@H]1O. The summed E-state index contributed by atoms with van der Waals surface area (Å²) in [5.41, 5.74) is -0.658. The molecule has 0 bridgehead atoms. The van der Waals surface area contributed by atoms with Gasteiger partial charge in [-0.15, -0.1) is 0 Å². The average molecular weight is 803 g/mol. The second kappa shape index (κ2) is 38.8. The number of unbranched alkanes of at least 4 members (excludes halogenated alkanes) is 27. The van der Waals surface area contributed by atoms with Gasteiger partial charge in [0.05, 0.1) is 38.4 Å². The molecule has 4 N–H and O–H groups in total. The monoisotopic (exact) mass is 803 g/mol. The van der Waals surface area contributed by atoms with Crippen molar-refractivity contribution in [2.45, 2.75) is 244 Å². The highest BCUT2D eigenvalue weighted by molar-refractivity contribution is 4.90. The second-order valence-corrected chi connectivity index (χ2v) is 17.2. The van der Waals surface area contributed by atoms with E-state index in [1.165, 1.54) is 154 Å². The first-order valence-corrected chi connectivity index (χ1v) is 24.1. The van der Waals surface area contributed by atoms with E-state index in [4.69, 9.17) is 23.7 Å². The van der Waals surface area contributed by atoms with E-state index in [9.17, 15) is 20.4 Å². The normalized spacial score (nSPS) is 20.3. The van der Waals surface area contributed by atoms with Crippen LogP contribution in [-0.4, -0.2) is 104 Å². The minimum atomic E-state index is -1.49. The first-order valence-electron chi connectivity index (χ1n) is 24.1. The molecule has 0 aromatic rings. The Bertz CT molecular complexity index is 730. The summed E-state index contributed by atoms with van der Waals surface area (Å²) >= 11 is 0. The lowest BCUT2D eigenvalue weighted by Crippen LogP contribution is -2.59. The molecule has 9 heteroatoms. The van der Waals surface area contributed by atoms with Crippen LogP contribution < -0.4 is 0 Å². The van der Waals surface area contributed by atoms with E-state index < -0.39 is 42.7 Å². The fourth-order valence-corrected chi connectivity index (χ4v) is 7.65. The van der Waals surface area contributed by atoms with Crippen molar-refractivity contribution in [2.24, 2.45) is 5.41 Å². The minimum absolute atomic E-state index is 0.115. The Hall–Kier alpha value is -0.360. The highest BCUT2D eigenvalue weighted by Crippen LogP contribution is 2.27. The first kappa shape index (κ1) is 53.7. The van der Waals surface area contributed by atoms with Gasteiger partial charge < -0.3 is 44.1 Å². The summed E-state index contributed by atoms with van der Waals surface area (Å²) in [6, 6.07) is 0. The Kier molecular flexibility index (Phi) is 37.2. The van der Waals surface area contributed by atoms with Crippen LogP contribution in [0.2, 0.25) is 0 Å². The summed E-state index contributed by atoms with van der Waals surface area (Å²) in [6.07, 6.45) is 31.4. The zero-order chi connectivity index (χ0) is 40.8. The zero-order valence-electron chi connectivity index (χ0n) is 37.1. The molecule has 1 fully saturated rings. The molecule has 0 aliphatic carbocycles. The molecule has 1 aliphatic heterocycles. The van der Waals surface area contributed by atoms with Crippen molar-refractivity contribution in [1.82, 2.24) is 0 Å². The van der Waals surface area contributed by atoms with Crippen LogP contribution in [0, 0.1) is 5.41 Å². The lowest BCUT2D eigenvalue weighted by atomic mass is 9.91. The maximum atomic E-state index is 10.7. The predicted octanol–water partition coefficient (Wildman–Crippen LogP) is 10.6. The second-order valence-electron chi connectivity index (χ2n) is 17.2. The summed E-state index contributed by atoms with van der Waals surface area (Å²) in [4.78, 5) is 0. The number of aliphatic hydroxyl groups excluding tert-OH is 4. The maximum absolute atomic E-state index is 10.7. The molecule has 0 saturated carbocycles. The molecule has 9 nitrogen and oxygen atoms in total. The van der Waals surface area contributed by atoms with Crippen LogP contribution in [0.3, 0.4) is 0 Å². The molecule has 5 atom stereocenters. The molecule has 336 valence electrons. The molecule has 0 aromatic heterocycles. The van der Waals surface area contributed by atoms with E-state index >= 15 is 0 Å². The van der Waals surface area contributed by atoms with Crippen LogP contribution in [0.1, 0.15) is 213 Å². The highest BCUT2D eigenvalue weighted by Gasteiger charge is 2.45. The van der Waals surface area contributed by atoms with Crippen molar-refractivity contribution in [3.63, 3.8) is 0 Å². The van der Waals surface area contributed by atoms with Gasteiger partial charge in [-0.1, -0.05) is 194 Å². The van der Waals surface area contributed by atoms with Gasteiger partial charge in [-0.2, -0.15) is 0 Å². The highest BCUT2D eigenvalue weighted by atomic mass is 16.7. The van der Waals surface area contributed by atoms with E-state index in [1.807, 2.05) is 0 Å². The number of hydrogen-bond acceptors (Lipinski definition) is 9. The van der Waals surface area contributed by atoms with E-state index in [2.05, 4.69) is 20.8 Å². The summed E-state index contributed by atoms with van der Waals surface area (Å²) in [5.74, 6) is 0. The molecule has 0 aromatic carbocycles. The quantitative estimate of drug-likeness (QED) is 0.0446. The molecule has 56 heavy (non-hydrogen) atoms. The molecule has 0 amide bonds. The topological polar surface area (TPSA) is 127 Å². The molecule has 0 unspecified atom stereocenters. The summed E-state index contributed by atoms with van der Waals surface area (Å²) in [6.45, 7) is 9.47. The van der Waals surface area contributed by atoms with Gasteiger partial charge in [0.15, 0.2) is 6.29 Å². The standard InChI is InChI=1S/C47H94O9/c1-4-7-10-13-16-19-22-25-28-31-34-52-38-47(39-53-35-32-29-26-23-20-17-14-11-8-5-2,40-54-36-33-30-27-24-21-18-15-12-9-6-3)41-55-46-45(51)44(50)43(49)42(37-48)56-46/h42-46,48-51H,4-41H2,1-3H3/t42-,43+,44+,45-,46-/m1/s1. The van der Waals surface area contributed by atoms with Crippen molar-refractivity contribution in [3.05, 3.63) is 0 Å². The van der Waals surface area contributed by atoms with Crippen LogP contribution in [0.25, 0.3) is 0 Å². The van der Waals surface area contributed by atoms with Crippen LogP contribution in [0.15, 0.2) is 0 Å². The van der Waals surface area contributed by atoms with Gasteiger partial charge in [-0.3, -0.25) is 0 Å². The third-order valence-electron chi connectivity index (χ3n) is 11.6. The number of hydrogen-bond donors (Lipinski definition) is 4. The van der Waals surface area contributed by atoms with Crippen LogP contribution in [0.4, 0.5) is 0 Å². The van der Waals surface area contributed by atoms with Crippen molar-refractivity contribution >= 4 is 0 Å². The number of aliphatic hydroxyl groups is 4. The van der Waals surface area contributed by atoms with E-state index in [0.29, 0.717) is 39.6 Å². The molecule has 1 heterocycles. The molecule has 1 saturated heterocycles. The Morgan fingerprint density at radius 1 is 0.393 bits per heavy atom. The molecular weight excluding hydrogens is 709 g/mol. The fourth-order valence-electron chi connectivity index (χ4n) is 7.65. The van der Waals surface area contributed by atoms with Gasteiger partial charge >= 0.3 is 0 Å². The van der Waals surface area contributed by atoms with Gasteiger partial charge in [0.1, 0.15) is 24.4 Å². The third-order valence-corrected chi connectivity index (χ3v) is 11.6. The summed E-state index contributed by atoms with van der Waals surface area (Å²) < 4.78 is 31.0. The maximum Gasteiger partial charge on any atom is 0.186 e. The number of rotatable bonds is 43. The van der Waals surface area contributed by atoms with E-state index in [0.717, 1.165) is 38.5 Å². The van der Waals surface area contributed by atoms with E-state index in [1.54, 1.807) is 0 Å². The smallest absolute Gasteiger partial charge is 0.186 e. The molecular formula is C47H94O9. The largest absolute Gasteiger partial charge is 0.394 e. The molecule has 0 radical (unpaired) electrons. The Morgan fingerprint density at radius 2 is 0.696 bits per heavy atom. The predicted molar refractivity (Wildman–Crippen MR) is 230 cm³/mol. The van der Waals surface area contributed by atoms with E-state index in [-0.39, 0.29) is 6.61 Å². The first-order chi connectivity index (χ1) is 27.4. The Balaban J connectivity index is 2.75. The summed E-state index contributed by atoms with van der Waals surface area (Å²) in [7, 11) is 0. The zero-order valence-corrected chi connectivity index (χ0v) is 37.1. The van der Waals surface area contributed by atoms with Crippen molar-refractivity contribution in [3.8, 4) is 0 Å². The molecule has 1 rings (SSSR count). The Morgan fingerprint density at radius 3 is 1.00 bits per heavy atom.